The first kappa shape index (κ1) is 28.8. The van der Waals surface area contributed by atoms with E-state index in [1.54, 1.807) is 18.7 Å². The topological polar surface area (TPSA) is 104 Å². The summed E-state index contributed by atoms with van der Waals surface area (Å²) in [6.07, 6.45) is 7.16. The van der Waals surface area contributed by atoms with Crippen molar-refractivity contribution < 1.29 is 19.3 Å². The Labute approximate surface area is 240 Å². The number of aryl methyl sites for hydroxylation is 1. The van der Waals surface area contributed by atoms with E-state index in [4.69, 9.17) is 24.4 Å². The van der Waals surface area contributed by atoms with E-state index in [0.29, 0.717) is 38.0 Å². The van der Waals surface area contributed by atoms with Crippen molar-refractivity contribution in [1.29, 1.82) is 0 Å². The Balaban J connectivity index is 1.72. The monoisotopic (exact) mass is 563 g/mol. The number of nitrogens with zero attached hydrogens (tertiary/aromatic N) is 7. The summed E-state index contributed by atoms with van der Waals surface area (Å²) >= 11 is 0. The van der Waals surface area contributed by atoms with Crippen molar-refractivity contribution in [3.8, 4) is 22.9 Å². The predicted octanol–water partition coefficient (Wildman–Crippen LogP) is 4.02. The van der Waals surface area contributed by atoms with Gasteiger partial charge in [0.1, 0.15) is 6.10 Å². The van der Waals surface area contributed by atoms with Crippen LogP contribution < -0.4 is 9.47 Å². The number of methoxy groups -OCH3 is 1. The molecule has 2 bridgehead atoms. The summed E-state index contributed by atoms with van der Waals surface area (Å²) in [4.78, 5) is 2.32. The fourth-order valence-electron chi connectivity index (χ4n) is 5.32. The fraction of sp³-hybridized carbons (Fsp3) is 0.500. The highest BCUT2D eigenvalue weighted by Gasteiger charge is 2.25. The van der Waals surface area contributed by atoms with Gasteiger partial charge in [-0.3, -0.25) is 9.58 Å². The molecule has 220 valence electrons. The van der Waals surface area contributed by atoms with Gasteiger partial charge in [0.05, 0.1) is 59.6 Å². The second-order valence-electron chi connectivity index (χ2n) is 11.0. The predicted molar refractivity (Wildman–Crippen MR) is 158 cm³/mol. The second-order valence-corrected chi connectivity index (χ2v) is 11.0. The molecule has 0 spiro atoms. The molecule has 11 heteroatoms. The highest BCUT2D eigenvalue weighted by molar-refractivity contribution is 5.83. The van der Waals surface area contributed by atoms with Crippen LogP contribution in [0.25, 0.3) is 28.8 Å². The van der Waals surface area contributed by atoms with Gasteiger partial charge in [0.2, 0.25) is 11.8 Å². The van der Waals surface area contributed by atoms with Crippen LogP contribution >= 0.6 is 0 Å². The SMILES string of the molecule is CCN1Cc2c(c(OC(C)C)nn2C[C@H](C)O)/C=C/c2cnn3ccc(cc23)-c2c(COC)nn(C)c2O[C@@H](C)C1. The van der Waals surface area contributed by atoms with Crippen molar-refractivity contribution in [2.45, 2.75) is 72.6 Å². The van der Waals surface area contributed by atoms with Gasteiger partial charge in [0, 0.05) is 39.0 Å². The van der Waals surface area contributed by atoms with E-state index in [-0.39, 0.29) is 12.2 Å². The third-order valence-electron chi connectivity index (χ3n) is 7.12. The Morgan fingerprint density at radius 2 is 2.00 bits per heavy atom. The van der Waals surface area contributed by atoms with Gasteiger partial charge < -0.3 is 19.3 Å². The smallest absolute Gasteiger partial charge is 0.240 e. The third kappa shape index (κ3) is 6.02. The van der Waals surface area contributed by atoms with Crippen LogP contribution in [0.15, 0.2) is 24.5 Å². The van der Waals surface area contributed by atoms with Crippen molar-refractivity contribution in [3.05, 3.63) is 47.0 Å². The van der Waals surface area contributed by atoms with Gasteiger partial charge in [-0.2, -0.15) is 10.2 Å². The van der Waals surface area contributed by atoms with E-state index in [1.807, 2.05) is 48.6 Å². The molecule has 0 radical (unpaired) electrons. The van der Waals surface area contributed by atoms with E-state index in [1.165, 1.54) is 0 Å². The van der Waals surface area contributed by atoms with Gasteiger partial charge in [-0.1, -0.05) is 13.0 Å². The quantitative estimate of drug-likeness (QED) is 0.360. The van der Waals surface area contributed by atoms with Crippen molar-refractivity contribution in [2.75, 3.05) is 20.2 Å². The lowest BCUT2D eigenvalue weighted by molar-refractivity contribution is 0.131. The molecule has 0 saturated heterocycles. The molecule has 0 fully saturated rings. The molecule has 1 aliphatic rings. The van der Waals surface area contributed by atoms with Crippen LogP contribution in [-0.2, 0) is 31.5 Å². The zero-order valence-electron chi connectivity index (χ0n) is 25.0. The molecule has 1 aliphatic heterocycles. The molecule has 5 heterocycles. The number of likely N-dealkylation sites (N-methyl/N-ethyl adjacent to an activating group) is 1. The minimum Gasteiger partial charge on any atom is -0.473 e. The average molecular weight is 564 g/mol. The number of aliphatic hydroxyl groups excluding tert-OH is 1. The van der Waals surface area contributed by atoms with Crippen molar-refractivity contribution in [3.63, 3.8) is 0 Å². The van der Waals surface area contributed by atoms with Crippen LogP contribution in [0.4, 0.5) is 0 Å². The minimum atomic E-state index is -0.564. The van der Waals surface area contributed by atoms with Crippen LogP contribution in [0.1, 0.15) is 57.1 Å². The number of aliphatic hydroxyl groups is 1. The first-order chi connectivity index (χ1) is 19.7. The Hall–Kier alpha value is -3.67. The van der Waals surface area contributed by atoms with Crippen molar-refractivity contribution in [1.82, 2.24) is 34.1 Å². The van der Waals surface area contributed by atoms with Crippen LogP contribution in [-0.4, -0.2) is 77.7 Å². The number of aromatic nitrogens is 6. The molecule has 41 heavy (non-hydrogen) atoms. The molecule has 4 aromatic heterocycles. The maximum absolute atomic E-state index is 10.3. The van der Waals surface area contributed by atoms with Crippen LogP contribution in [0.2, 0.25) is 0 Å². The molecular formula is C30H41N7O4. The van der Waals surface area contributed by atoms with Crippen LogP contribution in [0.3, 0.4) is 0 Å². The van der Waals surface area contributed by atoms with Crippen LogP contribution in [0, 0.1) is 0 Å². The molecule has 2 atom stereocenters. The summed E-state index contributed by atoms with van der Waals surface area (Å²) in [5.74, 6) is 1.25. The van der Waals surface area contributed by atoms with Gasteiger partial charge in [-0.25, -0.2) is 9.20 Å². The lowest BCUT2D eigenvalue weighted by Crippen LogP contribution is -2.35. The highest BCUT2D eigenvalue weighted by Crippen LogP contribution is 2.36. The summed E-state index contributed by atoms with van der Waals surface area (Å²) in [7, 11) is 3.58. The first-order valence-electron chi connectivity index (χ1n) is 14.2. The fourth-order valence-corrected chi connectivity index (χ4v) is 5.32. The Kier molecular flexibility index (Phi) is 8.48. The number of hydrogen-bond donors (Lipinski definition) is 1. The van der Waals surface area contributed by atoms with Gasteiger partial charge in [0.15, 0.2) is 0 Å². The largest absolute Gasteiger partial charge is 0.473 e. The maximum Gasteiger partial charge on any atom is 0.240 e. The molecule has 5 rings (SSSR count). The molecule has 4 aromatic rings. The van der Waals surface area contributed by atoms with Gasteiger partial charge in [-0.15, -0.1) is 5.10 Å². The highest BCUT2D eigenvalue weighted by atomic mass is 16.5. The third-order valence-corrected chi connectivity index (χ3v) is 7.12. The Morgan fingerprint density at radius 1 is 1.20 bits per heavy atom. The van der Waals surface area contributed by atoms with E-state index in [0.717, 1.165) is 45.7 Å². The van der Waals surface area contributed by atoms with Gasteiger partial charge in [0.25, 0.3) is 0 Å². The average Bonchev–Trinajstić information content (AvgIpc) is 3.54. The van der Waals surface area contributed by atoms with E-state index >= 15 is 0 Å². The van der Waals surface area contributed by atoms with Gasteiger partial charge >= 0.3 is 0 Å². The molecule has 0 saturated carbocycles. The molecule has 0 aromatic carbocycles. The lowest BCUT2D eigenvalue weighted by Gasteiger charge is -2.26. The summed E-state index contributed by atoms with van der Waals surface area (Å²) in [5.41, 5.74) is 6.48. The van der Waals surface area contributed by atoms with E-state index < -0.39 is 6.10 Å². The summed E-state index contributed by atoms with van der Waals surface area (Å²) in [5, 5.41) is 24.4. The normalized spacial score (nSPS) is 17.6. The molecule has 0 unspecified atom stereocenters. The number of ether oxygens (including phenoxy) is 3. The Morgan fingerprint density at radius 3 is 2.71 bits per heavy atom. The molecule has 0 amide bonds. The lowest BCUT2D eigenvalue weighted by atomic mass is 10.1. The Bertz CT molecular complexity index is 1530. The van der Waals surface area contributed by atoms with Crippen molar-refractivity contribution in [2.24, 2.45) is 7.05 Å². The molecular weight excluding hydrogens is 522 g/mol. The molecule has 1 N–H and O–H groups in total. The van der Waals surface area contributed by atoms with E-state index in [2.05, 4.69) is 42.1 Å². The second kappa shape index (κ2) is 12.1. The number of fused-ring (bicyclic) bond motifs is 4. The molecule has 0 aliphatic carbocycles. The zero-order valence-corrected chi connectivity index (χ0v) is 25.0. The first-order valence-corrected chi connectivity index (χ1v) is 14.2. The van der Waals surface area contributed by atoms with Crippen molar-refractivity contribution >= 4 is 17.7 Å². The van der Waals surface area contributed by atoms with Crippen LogP contribution in [0.5, 0.6) is 11.8 Å². The number of hydrogen-bond acceptors (Lipinski definition) is 8. The maximum atomic E-state index is 10.3. The summed E-state index contributed by atoms with van der Waals surface area (Å²) in [6, 6.07) is 4.14. The number of pyridine rings is 1. The van der Waals surface area contributed by atoms with Gasteiger partial charge in [-0.05, 0) is 58.0 Å². The summed E-state index contributed by atoms with van der Waals surface area (Å²) in [6.45, 7) is 12.8. The number of rotatable bonds is 7. The zero-order chi connectivity index (χ0) is 29.3. The summed E-state index contributed by atoms with van der Waals surface area (Å²) < 4.78 is 23.8. The van der Waals surface area contributed by atoms with E-state index in [9.17, 15) is 5.11 Å². The standard InChI is InChI=1S/C30H41N7O4/c1-8-35-16-21(5)41-30-28(25(18-39-7)32-34(30)6)22-11-12-36-26(13-22)23(14-31-36)9-10-24-27(17-35)37(15-20(4)38)33-29(24)40-19(2)3/h9-14,19-21,38H,8,15-18H2,1-7H3/b10-9+/t20-,21-/m0/s1. The minimum absolute atomic E-state index is 0.0531. The molecule has 11 nitrogen and oxygen atoms in total.